The predicted molar refractivity (Wildman–Crippen MR) is 111 cm³/mol. The van der Waals surface area contributed by atoms with Crippen molar-refractivity contribution >= 4 is 23.9 Å². The Kier molecular flexibility index (Phi) is 12.5. The van der Waals surface area contributed by atoms with Crippen molar-refractivity contribution in [3.63, 3.8) is 0 Å². The molecule has 0 aromatic rings. The Balaban J connectivity index is 0. The first kappa shape index (κ1) is 30.0. The highest BCUT2D eigenvalue weighted by Crippen LogP contribution is 2.27. The van der Waals surface area contributed by atoms with E-state index < -0.39 is 35.0 Å². The Morgan fingerprint density at radius 2 is 0.767 bits per heavy atom. The van der Waals surface area contributed by atoms with Gasteiger partial charge in [0.15, 0.2) is 0 Å². The van der Waals surface area contributed by atoms with Crippen molar-refractivity contribution in [3.8, 4) is 0 Å². The number of hydrogen-bond acceptors (Lipinski definition) is 6. The maximum atomic E-state index is 11.3. The maximum absolute atomic E-state index is 11.3. The van der Waals surface area contributed by atoms with Gasteiger partial charge in [0.25, 0.3) is 0 Å². The van der Waals surface area contributed by atoms with Crippen LogP contribution in [0.3, 0.4) is 0 Å². The molecule has 0 bridgehead atoms. The van der Waals surface area contributed by atoms with Crippen molar-refractivity contribution in [2.24, 2.45) is 23.7 Å². The molecule has 10 nitrogen and oxygen atoms in total. The van der Waals surface area contributed by atoms with Gasteiger partial charge in [-0.25, -0.2) is 0 Å². The second-order valence-corrected chi connectivity index (χ2v) is 8.46. The third-order valence-electron chi connectivity index (χ3n) is 5.41. The summed E-state index contributed by atoms with van der Waals surface area (Å²) in [6.07, 6.45) is 0. The molecule has 0 aromatic heterocycles. The van der Waals surface area contributed by atoms with E-state index >= 15 is 0 Å². The fraction of sp³-hybridized carbons (Fsp3) is 0.800. The summed E-state index contributed by atoms with van der Waals surface area (Å²) in [5.41, 5.74) is -2.36. The van der Waals surface area contributed by atoms with E-state index in [1.54, 1.807) is 55.4 Å². The van der Waals surface area contributed by atoms with Crippen LogP contribution in [-0.4, -0.2) is 68.5 Å². The third kappa shape index (κ3) is 7.56. The molecule has 176 valence electrons. The summed E-state index contributed by atoms with van der Waals surface area (Å²) in [7, 11) is 0. The van der Waals surface area contributed by atoms with Crippen LogP contribution in [0.1, 0.15) is 55.4 Å². The Bertz CT molecular complexity index is 532. The first-order chi connectivity index (χ1) is 13.5. The van der Waals surface area contributed by atoms with Crippen molar-refractivity contribution in [1.29, 1.82) is 0 Å². The molecule has 0 aliphatic rings. The van der Waals surface area contributed by atoms with Crippen LogP contribution >= 0.6 is 0 Å². The molecule has 0 heterocycles. The van der Waals surface area contributed by atoms with E-state index in [0.29, 0.717) is 0 Å². The van der Waals surface area contributed by atoms with E-state index in [2.05, 4.69) is 10.6 Å². The van der Waals surface area contributed by atoms with Crippen molar-refractivity contribution in [2.45, 2.75) is 66.5 Å². The van der Waals surface area contributed by atoms with E-state index in [0.717, 1.165) is 0 Å². The number of hydrogen-bond donors (Lipinski definition) is 6. The molecule has 0 aliphatic heterocycles. The van der Waals surface area contributed by atoms with Crippen molar-refractivity contribution in [1.82, 2.24) is 10.6 Å². The molecule has 0 aromatic carbocycles. The Labute approximate surface area is 178 Å². The molecule has 0 fully saturated rings. The molecule has 0 radical (unpaired) electrons. The van der Waals surface area contributed by atoms with Crippen molar-refractivity contribution in [2.75, 3.05) is 13.1 Å². The van der Waals surface area contributed by atoms with Crippen LogP contribution in [0.15, 0.2) is 0 Å². The van der Waals surface area contributed by atoms with Crippen LogP contribution in [0.25, 0.3) is 0 Å². The second kappa shape index (κ2) is 12.5. The predicted octanol–water partition coefficient (Wildman–Crippen LogP) is 1.59. The van der Waals surface area contributed by atoms with Crippen molar-refractivity contribution < 1.29 is 39.6 Å². The lowest BCUT2D eigenvalue weighted by atomic mass is 9.77. The van der Waals surface area contributed by atoms with Gasteiger partial charge < -0.3 is 20.4 Å². The van der Waals surface area contributed by atoms with Gasteiger partial charge in [0.1, 0.15) is 11.1 Å². The van der Waals surface area contributed by atoms with Crippen LogP contribution in [0.5, 0.6) is 0 Å². The SMILES string of the molecule is CC(C)C(NCC(=O)O)(C(=O)O)C(C)C.CC(C)C(NCC(=O)O)(C(=O)O)C(C)C. The van der Waals surface area contributed by atoms with Gasteiger partial charge in [-0.1, -0.05) is 55.4 Å². The van der Waals surface area contributed by atoms with E-state index in [4.69, 9.17) is 10.2 Å². The van der Waals surface area contributed by atoms with Gasteiger partial charge in [0.05, 0.1) is 13.1 Å². The zero-order valence-corrected chi connectivity index (χ0v) is 19.1. The number of rotatable bonds is 12. The number of carbonyl (C=O) groups is 4. The highest BCUT2D eigenvalue weighted by Gasteiger charge is 2.45. The Morgan fingerprint density at radius 3 is 0.867 bits per heavy atom. The van der Waals surface area contributed by atoms with Crippen LogP contribution < -0.4 is 10.6 Å². The Hall–Kier alpha value is -2.20. The van der Waals surface area contributed by atoms with Crippen LogP contribution in [0.2, 0.25) is 0 Å². The standard InChI is InChI=1S/2C10H19NO4/c2*1-6(2)10(7(3)4,9(14)15)11-5-8(12)13/h2*6-7,11H,5H2,1-4H3,(H,12,13)(H,14,15). The molecule has 30 heavy (non-hydrogen) atoms. The first-order valence-electron chi connectivity index (χ1n) is 9.90. The number of aliphatic carboxylic acids is 4. The van der Waals surface area contributed by atoms with Crippen LogP contribution in [0.4, 0.5) is 0 Å². The van der Waals surface area contributed by atoms with Crippen LogP contribution in [-0.2, 0) is 19.2 Å². The number of carboxylic acid groups (broad SMARTS) is 4. The lowest BCUT2D eigenvalue weighted by molar-refractivity contribution is -0.152. The van der Waals surface area contributed by atoms with E-state index in [-0.39, 0.29) is 36.8 Å². The quantitative estimate of drug-likeness (QED) is 0.265. The van der Waals surface area contributed by atoms with Gasteiger partial charge in [0, 0.05) is 0 Å². The lowest BCUT2D eigenvalue weighted by Gasteiger charge is -2.37. The number of nitrogens with one attached hydrogen (secondary N) is 2. The van der Waals surface area contributed by atoms with E-state index in [1.165, 1.54) is 0 Å². The van der Waals surface area contributed by atoms with Gasteiger partial charge in [-0.2, -0.15) is 0 Å². The average molecular weight is 435 g/mol. The molecule has 0 saturated carbocycles. The summed E-state index contributed by atoms with van der Waals surface area (Å²) in [6, 6.07) is 0. The smallest absolute Gasteiger partial charge is 0.324 e. The second-order valence-electron chi connectivity index (χ2n) is 8.46. The van der Waals surface area contributed by atoms with E-state index in [1.807, 2.05) is 0 Å². The normalized spacial score (nSPS) is 12.1. The van der Waals surface area contributed by atoms with Gasteiger partial charge >= 0.3 is 23.9 Å². The minimum Gasteiger partial charge on any atom is -0.480 e. The highest BCUT2D eigenvalue weighted by molar-refractivity contribution is 5.81. The summed E-state index contributed by atoms with van der Waals surface area (Å²) >= 11 is 0. The largest absolute Gasteiger partial charge is 0.480 e. The molecule has 0 atom stereocenters. The van der Waals surface area contributed by atoms with E-state index in [9.17, 15) is 29.4 Å². The monoisotopic (exact) mass is 434 g/mol. The molecular weight excluding hydrogens is 396 g/mol. The summed E-state index contributed by atoms with van der Waals surface area (Å²) in [5.74, 6) is -4.86. The fourth-order valence-corrected chi connectivity index (χ4v) is 3.73. The fourth-order valence-electron chi connectivity index (χ4n) is 3.73. The minimum atomic E-state index is -1.18. The molecule has 0 amide bonds. The van der Waals surface area contributed by atoms with Gasteiger partial charge in [-0.15, -0.1) is 0 Å². The third-order valence-corrected chi connectivity index (χ3v) is 5.41. The minimum absolute atomic E-state index is 0.186. The molecule has 0 aliphatic carbocycles. The average Bonchev–Trinajstić information content (AvgIpc) is 2.53. The van der Waals surface area contributed by atoms with Gasteiger partial charge in [-0.3, -0.25) is 29.8 Å². The zero-order chi connectivity index (χ0) is 24.4. The molecule has 0 saturated heterocycles. The van der Waals surface area contributed by atoms with Gasteiger partial charge in [0.2, 0.25) is 0 Å². The van der Waals surface area contributed by atoms with Gasteiger partial charge in [-0.05, 0) is 23.7 Å². The zero-order valence-electron chi connectivity index (χ0n) is 19.1. The Morgan fingerprint density at radius 1 is 0.567 bits per heavy atom. The first-order valence-corrected chi connectivity index (χ1v) is 9.90. The van der Waals surface area contributed by atoms with Crippen molar-refractivity contribution in [3.05, 3.63) is 0 Å². The summed E-state index contributed by atoms with van der Waals surface area (Å²) < 4.78 is 0. The topological polar surface area (TPSA) is 173 Å². The highest BCUT2D eigenvalue weighted by atomic mass is 16.4. The number of carboxylic acids is 4. The summed E-state index contributed by atoms with van der Waals surface area (Å²) in [4.78, 5) is 43.4. The van der Waals surface area contributed by atoms with Crippen LogP contribution in [0, 0.1) is 23.7 Å². The lowest BCUT2D eigenvalue weighted by Crippen LogP contribution is -2.60. The molecule has 6 N–H and O–H groups in total. The summed E-state index contributed by atoms with van der Waals surface area (Å²) in [5, 5.41) is 40.8. The molecule has 0 unspecified atom stereocenters. The molecular formula is C20H38N2O8. The molecule has 0 spiro atoms. The summed E-state index contributed by atoms with van der Waals surface area (Å²) in [6.45, 7) is 13.4. The molecule has 10 heteroatoms. The molecule has 0 rings (SSSR count). The maximum Gasteiger partial charge on any atom is 0.324 e.